The van der Waals surface area contributed by atoms with Gasteiger partial charge in [0.1, 0.15) is 0 Å². The van der Waals surface area contributed by atoms with E-state index in [1.165, 1.54) is 5.56 Å². The minimum atomic E-state index is 0.0899. The molecule has 1 aromatic rings. The predicted molar refractivity (Wildman–Crippen MR) is 72.3 cm³/mol. The third-order valence-electron chi connectivity index (χ3n) is 3.51. The van der Waals surface area contributed by atoms with Gasteiger partial charge in [-0.05, 0) is 12.6 Å². The number of hydrogen-bond acceptors (Lipinski definition) is 3. The Labute approximate surface area is 109 Å². The summed E-state index contributed by atoms with van der Waals surface area (Å²) < 4.78 is 0. The van der Waals surface area contributed by atoms with E-state index >= 15 is 0 Å². The average Bonchev–Trinajstić information content (AvgIpc) is 2.42. The van der Waals surface area contributed by atoms with Crippen LogP contribution in [0.4, 0.5) is 0 Å². The van der Waals surface area contributed by atoms with Crippen LogP contribution in [-0.2, 0) is 4.79 Å². The van der Waals surface area contributed by atoms with Crippen LogP contribution in [0.3, 0.4) is 0 Å². The van der Waals surface area contributed by atoms with Crippen LogP contribution in [-0.4, -0.2) is 56.0 Å². The molecule has 0 bridgehead atoms. The van der Waals surface area contributed by atoms with Gasteiger partial charge in [-0.2, -0.15) is 0 Å². The maximum Gasteiger partial charge on any atom is 0.207 e. The van der Waals surface area contributed by atoms with Crippen molar-refractivity contribution in [2.24, 2.45) is 0 Å². The summed E-state index contributed by atoms with van der Waals surface area (Å²) in [5, 5.41) is 2.92. The monoisotopic (exact) mass is 247 g/mol. The Kier molecular flexibility index (Phi) is 4.73. The molecule has 4 nitrogen and oxygen atoms in total. The lowest BCUT2D eigenvalue weighted by atomic mass is 10.1. The topological polar surface area (TPSA) is 35.6 Å². The Morgan fingerprint density at radius 3 is 2.50 bits per heavy atom. The van der Waals surface area contributed by atoms with Crippen LogP contribution in [0.25, 0.3) is 0 Å². The van der Waals surface area contributed by atoms with E-state index in [1.54, 1.807) is 0 Å². The Balaban J connectivity index is 1.96. The van der Waals surface area contributed by atoms with Gasteiger partial charge in [0, 0.05) is 32.7 Å². The fourth-order valence-electron chi connectivity index (χ4n) is 2.31. The van der Waals surface area contributed by atoms with E-state index < -0.39 is 0 Å². The molecule has 1 amide bonds. The van der Waals surface area contributed by atoms with Crippen LogP contribution >= 0.6 is 0 Å². The maximum absolute atomic E-state index is 10.7. The minimum absolute atomic E-state index is 0.0899. The molecule has 1 aliphatic heterocycles. The average molecular weight is 247 g/mol. The molecule has 4 heteroatoms. The quantitative estimate of drug-likeness (QED) is 0.779. The zero-order chi connectivity index (χ0) is 12.8. The third kappa shape index (κ3) is 3.55. The molecule has 1 heterocycles. The highest BCUT2D eigenvalue weighted by molar-refractivity contribution is 5.47. The summed E-state index contributed by atoms with van der Waals surface area (Å²) in [7, 11) is 2.15. The van der Waals surface area contributed by atoms with Crippen LogP contribution in [0.1, 0.15) is 11.6 Å². The summed E-state index contributed by atoms with van der Waals surface area (Å²) in [6, 6.07) is 10.2. The van der Waals surface area contributed by atoms with Crippen molar-refractivity contribution in [3.8, 4) is 0 Å². The largest absolute Gasteiger partial charge is 0.351 e. The molecule has 2 rings (SSSR count). The Morgan fingerprint density at radius 2 is 1.89 bits per heavy atom. The summed E-state index contributed by atoms with van der Waals surface area (Å²) in [6.07, 6.45) is 0.799. The first kappa shape index (κ1) is 13.1. The predicted octanol–water partition coefficient (Wildman–Crippen LogP) is 0.721. The summed E-state index contributed by atoms with van der Waals surface area (Å²) in [5.41, 5.74) is 1.17. The van der Waals surface area contributed by atoms with Crippen LogP contribution in [0.15, 0.2) is 30.3 Å². The smallest absolute Gasteiger partial charge is 0.207 e. The molecule has 1 fully saturated rings. The molecule has 1 aromatic carbocycles. The number of hydrogen-bond donors (Lipinski definition) is 1. The molecular formula is C14H21N3O. The van der Waals surface area contributed by atoms with Gasteiger partial charge in [-0.1, -0.05) is 30.3 Å². The summed E-state index contributed by atoms with van der Waals surface area (Å²) in [4.78, 5) is 15.5. The van der Waals surface area contributed by atoms with E-state index in [4.69, 9.17) is 0 Å². The number of carbonyl (C=O) groups excluding carboxylic acids is 1. The van der Waals surface area contributed by atoms with Gasteiger partial charge in [0.25, 0.3) is 0 Å². The maximum atomic E-state index is 10.7. The highest BCUT2D eigenvalue weighted by atomic mass is 16.1. The SMILES string of the molecule is CN1CCN(CC(NC=O)c2ccccc2)CC1. The number of likely N-dealkylation sites (N-methyl/N-ethyl adjacent to an activating group) is 1. The van der Waals surface area contributed by atoms with Crippen molar-refractivity contribution in [2.75, 3.05) is 39.8 Å². The fraction of sp³-hybridized carbons (Fsp3) is 0.500. The molecule has 1 N–H and O–H groups in total. The first-order chi connectivity index (χ1) is 8.79. The van der Waals surface area contributed by atoms with Crippen molar-refractivity contribution in [1.82, 2.24) is 15.1 Å². The van der Waals surface area contributed by atoms with E-state index in [0.29, 0.717) is 0 Å². The number of amides is 1. The van der Waals surface area contributed by atoms with Crippen molar-refractivity contribution in [3.63, 3.8) is 0 Å². The van der Waals surface area contributed by atoms with Crippen molar-refractivity contribution in [1.29, 1.82) is 0 Å². The zero-order valence-corrected chi connectivity index (χ0v) is 10.9. The van der Waals surface area contributed by atoms with Crippen molar-refractivity contribution in [3.05, 3.63) is 35.9 Å². The Hall–Kier alpha value is -1.39. The third-order valence-corrected chi connectivity index (χ3v) is 3.51. The lowest BCUT2D eigenvalue weighted by Gasteiger charge is -2.34. The number of piperazine rings is 1. The summed E-state index contributed by atoms with van der Waals surface area (Å²) in [6.45, 7) is 5.22. The molecule has 0 radical (unpaired) electrons. The molecule has 18 heavy (non-hydrogen) atoms. The number of rotatable bonds is 5. The normalized spacial score (nSPS) is 19.4. The second kappa shape index (κ2) is 6.52. The van der Waals surface area contributed by atoms with E-state index in [0.717, 1.165) is 39.1 Å². The molecule has 1 aliphatic rings. The van der Waals surface area contributed by atoms with Gasteiger partial charge in [0.15, 0.2) is 0 Å². The first-order valence-corrected chi connectivity index (χ1v) is 6.45. The van der Waals surface area contributed by atoms with Gasteiger partial charge in [-0.25, -0.2) is 0 Å². The van der Waals surface area contributed by atoms with Crippen molar-refractivity contribution >= 4 is 6.41 Å². The number of benzene rings is 1. The van der Waals surface area contributed by atoms with Crippen LogP contribution in [0.5, 0.6) is 0 Å². The van der Waals surface area contributed by atoms with E-state index in [-0.39, 0.29) is 6.04 Å². The standard InChI is InChI=1S/C14H21N3O/c1-16-7-9-17(10-8-16)11-14(15-12-18)13-5-3-2-4-6-13/h2-6,12,14H,7-11H2,1H3,(H,15,18). The molecule has 0 spiro atoms. The van der Waals surface area contributed by atoms with E-state index in [1.807, 2.05) is 18.2 Å². The van der Waals surface area contributed by atoms with Gasteiger partial charge in [0.2, 0.25) is 6.41 Å². The number of carbonyl (C=O) groups is 1. The molecule has 1 atom stereocenters. The second-order valence-electron chi connectivity index (χ2n) is 4.85. The number of nitrogens with zero attached hydrogens (tertiary/aromatic N) is 2. The molecule has 0 saturated carbocycles. The van der Waals surface area contributed by atoms with E-state index in [2.05, 4.69) is 34.3 Å². The Bertz CT molecular complexity index is 361. The fourth-order valence-corrected chi connectivity index (χ4v) is 2.31. The number of nitrogens with one attached hydrogen (secondary N) is 1. The second-order valence-corrected chi connectivity index (χ2v) is 4.85. The minimum Gasteiger partial charge on any atom is -0.351 e. The van der Waals surface area contributed by atoms with E-state index in [9.17, 15) is 4.79 Å². The van der Waals surface area contributed by atoms with Crippen molar-refractivity contribution in [2.45, 2.75) is 6.04 Å². The molecule has 0 aliphatic carbocycles. The van der Waals surface area contributed by atoms with Crippen molar-refractivity contribution < 1.29 is 4.79 Å². The van der Waals surface area contributed by atoms with Crippen LogP contribution in [0.2, 0.25) is 0 Å². The molecular weight excluding hydrogens is 226 g/mol. The molecule has 0 aromatic heterocycles. The molecule has 1 unspecified atom stereocenters. The Morgan fingerprint density at radius 1 is 1.22 bits per heavy atom. The van der Waals surface area contributed by atoms with Crippen LogP contribution in [0, 0.1) is 0 Å². The zero-order valence-electron chi connectivity index (χ0n) is 10.9. The van der Waals surface area contributed by atoms with Crippen LogP contribution < -0.4 is 5.32 Å². The summed E-state index contributed by atoms with van der Waals surface area (Å²) in [5.74, 6) is 0. The van der Waals surface area contributed by atoms with Gasteiger partial charge in [0.05, 0.1) is 6.04 Å². The summed E-state index contributed by atoms with van der Waals surface area (Å²) >= 11 is 0. The van der Waals surface area contributed by atoms with Gasteiger partial charge < -0.3 is 10.2 Å². The van der Waals surface area contributed by atoms with Gasteiger partial charge >= 0.3 is 0 Å². The molecule has 1 saturated heterocycles. The highest BCUT2D eigenvalue weighted by Crippen LogP contribution is 2.14. The van der Waals surface area contributed by atoms with Gasteiger partial charge in [-0.15, -0.1) is 0 Å². The lowest BCUT2D eigenvalue weighted by Crippen LogP contribution is -2.47. The first-order valence-electron chi connectivity index (χ1n) is 6.45. The van der Waals surface area contributed by atoms with Gasteiger partial charge in [-0.3, -0.25) is 9.69 Å². The lowest BCUT2D eigenvalue weighted by molar-refractivity contribution is -0.110. The highest BCUT2D eigenvalue weighted by Gasteiger charge is 2.18. The molecule has 98 valence electrons.